The van der Waals surface area contributed by atoms with Crippen LogP contribution in [0.25, 0.3) is 0 Å². The number of hydrogen-bond donors (Lipinski definition) is 1. The van der Waals surface area contributed by atoms with E-state index in [-0.39, 0.29) is 17.9 Å². The number of piperidine rings is 1. The zero-order valence-electron chi connectivity index (χ0n) is 13.6. The molecule has 0 aromatic carbocycles. The largest absolute Gasteiger partial charge is 0.383 e. The Hall–Kier alpha value is -1.50. The van der Waals surface area contributed by atoms with Crippen molar-refractivity contribution < 1.29 is 14.3 Å². The Kier molecular flexibility index (Phi) is 5.59. The molecule has 0 aliphatic carbocycles. The van der Waals surface area contributed by atoms with Crippen molar-refractivity contribution in [1.29, 1.82) is 0 Å². The lowest BCUT2D eigenvalue weighted by Gasteiger charge is -2.39. The number of likely N-dealkylation sites (tertiary alicyclic amines) is 1. The molecule has 1 N–H and O–H groups in total. The maximum Gasteiger partial charge on any atom is 0.225 e. The third-order valence-corrected chi connectivity index (χ3v) is 4.79. The lowest BCUT2D eigenvalue weighted by atomic mass is 9.82. The molecule has 0 spiro atoms. The van der Waals surface area contributed by atoms with Gasteiger partial charge < -0.3 is 14.8 Å². The van der Waals surface area contributed by atoms with Gasteiger partial charge in [0, 0.05) is 45.5 Å². The average Bonchev–Trinajstić information content (AvgIpc) is 3.06. The van der Waals surface area contributed by atoms with Crippen LogP contribution in [0.2, 0.25) is 0 Å². The number of fused-ring (bicyclic) bond motifs is 1. The standard InChI is InChI=1S/C17H25N3O3/c1-22-9-7-20-11-15(14-5-8-23-16(14)12-20)17(21)19-10-13-4-2-3-6-18-13/h2-4,6,14-16H,5,7-12H2,1H3,(H,19,21)/t14-,15-,16+/m0/s1. The topological polar surface area (TPSA) is 63.7 Å². The van der Waals surface area contributed by atoms with Crippen molar-refractivity contribution in [2.24, 2.45) is 11.8 Å². The third kappa shape index (κ3) is 4.07. The van der Waals surface area contributed by atoms with Crippen molar-refractivity contribution >= 4 is 5.91 Å². The van der Waals surface area contributed by atoms with Crippen LogP contribution in [-0.4, -0.2) is 61.9 Å². The molecule has 0 bridgehead atoms. The number of amides is 1. The minimum Gasteiger partial charge on any atom is -0.383 e. The van der Waals surface area contributed by atoms with Crippen LogP contribution in [0.3, 0.4) is 0 Å². The number of carbonyl (C=O) groups excluding carboxylic acids is 1. The van der Waals surface area contributed by atoms with E-state index in [9.17, 15) is 4.79 Å². The van der Waals surface area contributed by atoms with Gasteiger partial charge in [0.05, 0.1) is 30.9 Å². The first-order valence-electron chi connectivity index (χ1n) is 8.28. The van der Waals surface area contributed by atoms with Gasteiger partial charge in [-0.25, -0.2) is 0 Å². The molecule has 1 amide bonds. The molecule has 2 aliphatic heterocycles. The highest BCUT2D eigenvalue weighted by molar-refractivity contribution is 5.79. The molecule has 6 heteroatoms. The fourth-order valence-electron chi connectivity index (χ4n) is 3.55. The molecule has 23 heavy (non-hydrogen) atoms. The Labute approximate surface area is 137 Å². The van der Waals surface area contributed by atoms with Gasteiger partial charge in [-0.15, -0.1) is 0 Å². The molecule has 126 valence electrons. The number of rotatable bonds is 6. The molecule has 0 saturated carbocycles. The van der Waals surface area contributed by atoms with E-state index in [0.717, 1.165) is 38.4 Å². The molecular formula is C17H25N3O3. The van der Waals surface area contributed by atoms with Crippen LogP contribution in [0.4, 0.5) is 0 Å². The van der Waals surface area contributed by atoms with Crippen LogP contribution in [-0.2, 0) is 20.8 Å². The smallest absolute Gasteiger partial charge is 0.225 e. The van der Waals surface area contributed by atoms with Crippen molar-refractivity contribution in [3.63, 3.8) is 0 Å². The van der Waals surface area contributed by atoms with E-state index in [2.05, 4.69) is 15.2 Å². The first-order chi connectivity index (χ1) is 11.3. The van der Waals surface area contributed by atoms with Gasteiger partial charge >= 0.3 is 0 Å². The summed E-state index contributed by atoms with van der Waals surface area (Å²) in [6, 6.07) is 5.73. The maximum atomic E-state index is 12.7. The van der Waals surface area contributed by atoms with Gasteiger partial charge in [0.2, 0.25) is 5.91 Å². The number of nitrogens with zero attached hydrogens (tertiary/aromatic N) is 2. The fraction of sp³-hybridized carbons (Fsp3) is 0.647. The minimum atomic E-state index is -0.0168. The van der Waals surface area contributed by atoms with E-state index in [1.54, 1.807) is 13.3 Å². The highest BCUT2D eigenvalue weighted by Gasteiger charge is 2.43. The van der Waals surface area contributed by atoms with E-state index in [0.29, 0.717) is 19.1 Å². The Balaban J connectivity index is 1.60. The number of methoxy groups -OCH3 is 1. The minimum absolute atomic E-state index is 0.0168. The molecule has 3 rings (SSSR count). The van der Waals surface area contributed by atoms with Gasteiger partial charge in [-0.1, -0.05) is 6.07 Å². The summed E-state index contributed by atoms with van der Waals surface area (Å²) in [6.07, 6.45) is 2.89. The van der Waals surface area contributed by atoms with Gasteiger partial charge in [0.15, 0.2) is 0 Å². The summed E-state index contributed by atoms with van der Waals surface area (Å²) >= 11 is 0. The van der Waals surface area contributed by atoms with Gasteiger partial charge in [-0.2, -0.15) is 0 Å². The Morgan fingerprint density at radius 3 is 3.17 bits per heavy atom. The summed E-state index contributed by atoms with van der Waals surface area (Å²) in [5.41, 5.74) is 0.882. The predicted octanol–water partition coefficient (Wildman–Crippen LogP) is 0.681. The zero-order valence-corrected chi connectivity index (χ0v) is 13.6. The Morgan fingerprint density at radius 1 is 1.48 bits per heavy atom. The first-order valence-corrected chi connectivity index (χ1v) is 8.28. The summed E-state index contributed by atoms with van der Waals surface area (Å²) in [5.74, 6) is 0.424. The van der Waals surface area contributed by atoms with Crippen molar-refractivity contribution in [3.05, 3.63) is 30.1 Å². The number of aromatic nitrogens is 1. The number of pyridine rings is 1. The molecule has 1 aromatic heterocycles. The molecular weight excluding hydrogens is 294 g/mol. The molecule has 0 radical (unpaired) electrons. The summed E-state index contributed by atoms with van der Waals surface area (Å²) < 4.78 is 11.0. The van der Waals surface area contributed by atoms with E-state index in [1.807, 2.05) is 18.2 Å². The Morgan fingerprint density at radius 2 is 2.39 bits per heavy atom. The van der Waals surface area contributed by atoms with Gasteiger partial charge in [-0.3, -0.25) is 14.7 Å². The normalized spacial score (nSPS) is 27.6. The monoisotopic (exact) mass is 319 g/mol. The maximum absolute atomic E-state index is 12.7. The van der Waals surface area contributed by atoms with E-state index in [4.69, 9.17) is 9.47 Å². The third-order valence-electron chi connectivity index (χ3n) is 4.79. The highest BCUT2D eigenvalue weighted by atomic mass is 16.5. The molecule has 2 saturated heterocycles. The number of carbonyl (C=O) groups is 1. The highest BCUT2D eigenvalue weighted by Crippen LogP contribution is 2.33. The fourth-order valence-corrected chi connectivity index (χ4v) is 3.55. The van der Waals surface area contributed by atoms with Gasteiger partial charge in [-0.05, 0) is 18.6 Å². The number of ether oxygens (including phenoxy) is 2. The van der Waals surface area contributed by atoms with Crippen LogP contribution in [0.15, 0.2) is 24.4 Å². The van der Waals surface area contributed by atoms with Crippen molar-refractivity contribution in [2.75, 3.05) is 40.0 Å². The van der Waals surface area contributed by atoms with E-state index in [1.165, 1.54) is 0 Å². The molecule has 2 aliphatic rings. The Bertz CT molecular complexity index is 511. The van der Waals surface area contributed by atoms with Crippen LogP contribution in [0, 0.1) is 11.8 Å². The van der Waals surface area contributed by atoms with Crippen molar-refractivity contribution in [3.8, 4) is 0 Å². The molecule has 6 nitrogen and oxygen atoms in total. The summed E-state index contributed by atoms with van der Waals surface area (Å²) in [6.45, 7) is 4.44. The predicted molar refractivity (Wildman–Crippen MR) is 85.7 cm³/mol. The number of hydrogen-bond acceptors (Lipinski definition) is 5. The van der Waals surface area contributed by atoms with Gasteiger partial charge in [0.25, 0.3) is 0 Å². The first kappa shape index (κ1) is 16.4. The average molecular weight is 319 g/mol. The lowest BCUT2D eigenvalue weighted by Crippen LogP contribution is -2.53. The summed E-state index contributed by atoms with van der Waals surface area (Å²) in [5, 5.41) is 3.04. The van der Waals surface area contributed by atoms with Crippen LogP contribution in [0.1, 0.15) is 12.1 Å². The molecule has 3 atom stereocenters. The van der Waals surface area contributed by atoms with Crippen molar-refractivity contribution in [1.82, 2.24) is 15.2 Å². The summed E-state index contributed by atoms with van der Waals surface area (Å²) in [7, 11) is 1.70. The molecule has 1 aromatic rings. The summed E-state index contributed by atoms with van der Waals surface area (Å²) in [4.78, 5) is 19.2. The zero-order chi connectivity index (χ0) is 16.1. The molecule has 0 unspecified atom stereocenters. The second-order valence-electron chi connectivity index (χ2n) is 6.26. The second-order valence-corrected chi connectivity index (χ2v) is 6.26. The van der Waals surface area contributed by atoms with Crippen LogP contribution in [0.5, 0.6) is 0 Å². The number of nitrogens with one attached hydrogen (secondary N) is 1. The quantitative estimate of drug-likeness (QED) is 0.835. The molecule has 2 fully saturated rings. The lowest BCUT2D eigenvalue weighted by molar-refractivity contribution is -0.131. The van der Waals surface area contributed by atoms with Gasteiger partial charge in [0.1, 0.15) is 0 Å². The van der Waals surface area contributed by atoms with Crippen LogP contribution >= 0.6 is 0 Å². The SMILES string of the molecule is COCCN1C[C@H](C(=O)NCc2ccccn2)[C@@H]2CCO[C@@H]2C1. The molecule has 3 heterocycles. The van der Waals surface area contributed by atoms with E-state index >= 15 is 0 Å². The van der Waals surface area contributed by atoms with Crippen LogP contribution < -0.4 is 5.32 Å². The van der Waals surface area contributed by atoms with E-state index < -0.39 is 0 Å². The second kappa shape index (κ2) is 7.86. The van der Waals surface area contributed by atoms with Crippen molar-refractivity contribution in [2.45, 2.75) is 19.1 Å².